The number of rotatable bonds is 9. The summed E-state index contributed by atoms with van der Waals surface area (Å²) in [5, 5.41) is 0. The molecule has 2 heteroatoms. The van der Waals surface area contributed by atoms with E-state index in [-0.39, 0.29) is 0 Å². The standard InChI is InChI=1S/C20H26O2/c1-3-21-19-13-7-11-17(15-19)9-5-6-10-18-12-8-14-20(16-18)22-4-2/h7-8,11-16H,3-6,9-10H2,1-2H3. The van der Waals surface area contributed by atoms with Crippen molar-refractivity contribution in [2.75, 3.05) is 13.2 Å². The van der Waals surface area contributed by atoms with Crippen molar-refractivity contribution in [1.29, 1.82) is 0 Å². The quantitative estimate of drug-likeness (QED) is 0.603. The summed E-state index contributed by atoms with van der Waals surface area (Å²) in [7, 11) is 0. The van der Waals surface area contributed by atoms with Crippen molar-refractivity contribution in [3.8, 4) is 11.5 Å². The smallest absolute Gasteiger partial charge is 0.119 e. The second-order valence-corrected chi connectivity index (χ2v) is 5.37. The molecule has 0 saturated heterocycles. The molecule has 0 heterocycles. The molecule has 0 radical (unpaired) electrons. The van der Waals surface area contributed by atoms with Crippen LogP contribution in [0.4, 0.5) is 0 Å². The Morgan fingerprint density at radius 1 is 0.682 bits per heavy atom. The summed E-state index contributed by atoms with van der Waals surface area (Å²) in [6.07, 6.45) is 4.58. The van der Waals surface area contributed by atoms with Crippen LogP contribution in [0, 0.1) is 0 Å². The van der Waals surface area contributed by atoms with Crippen LogP contribution < -0.4 is 9.47 Å². The van der Waals surface area contributed by atoms with E-state index in [2.05, 4.69) is 36.4 Å². The van der Waals surface area contributed by atoms with Gasteiger partial charge in [0, 0.05) is 0 Å². The molecule has 118 valence electrons. The van der Waals surface area contributed by atoms with Gasteiger partial charge in [0.2, 0.25) is 0 Å². The van der Waals surface area contributed by atoms with Crippen molar-refractivity contribution < 1.29 is 9.47 Å². The molecule has 0 spiro atoms. The molecular formula is C20H26O2. The molecule has 2 nitrogen and oxygen atoms in total. The van der Waals surface area contributed by atoms with Crippen LogP contribution in [0.15, 0.2) is 48.5 Å². The molecule has 0 atom stereocenters. The van der Waals surface area contributed by atoms with Crippen molar-refractivity contribution in [3.63, 3.8) is 0 Å². The molecule has 2 aromatic rings. The van der Waals surface area contributed by atoms with Crippen molar-refractivity contribution >= 4 is 0 Å². The lowest BCUT2D eigenvalue weighted by Crippen LogP contribution is -1.94. The van der Waals surface area contributed by atoms with Crippen LogP contribution in [0.5, 0.6) is 11.5 Å². The molecule has 2 rings (SSSR count). The first-order valence-corrected chi connectivity index (χ1v) is 8.25. The Morgan fingerprint density at radius 3 is 1.55 bits per heavy atom. The summed E-state index contributed by atoms with van der Waals surface area (Å²) in [6, 6.07) is 16.9. The van der Waals surface area contributed by atoms with Crippen LogP contribution in [0.2, 0.25) is 0 Å². The van der Waals surface area contributed by atoms with Gasteiger partial charge in [0.25, 0.3) is 0 Å². The average Bonchev–Trinajstić information content (AvgIpc) is 2.53. The summed E-state index contributed by atoms with van der Waals surface area (Å²) < 4.78 is 11.1. The van der Waals surface area contributed by atoms with E-state index >= 15 is 0 Å². The van der Waals surface area contributed by atoms with Crippen LogP contribution in [0.1, 0.15) is 37.8 Å². The molecule has 0 aliphatic rings. The lowest BCUT2D eigenvalue weighted by atomic mass is 10.0. The highest BCUT2D eigenvalue weighted by atomic mass is 16.5. The fourth-order valence-corrected chi connectivity index (χ4v) is 2.57. The third-order valence-electron chi connectivity index (χ3n) is 3.60. The van der Waals surface area contributed by atoms with Gasteiger partial charge in [0.1, 0.15) is 11.5 Å². The Hall–Kier alpha value is -1.96. The zero-order valence-electron chi connectivity index (χ0n) is 13.7. The maximum Gasteiger partial charge on any atom is 0.119 e. The lowest BCUT2D eigenvalue weighted by Gasteiger charge is -2.07. The Bertz CT molecular complexity index is 512. The van der Waals surface area contributed by atoms with Crippen molar-refractivity contribution in [3.05, 3.63) is 59.7 Å². The normalized spacial score (nSPS) is 10.5. The van der Waals surface area contributed by atoms with Gasteiger partial charge in [-0.1, -0.05) is 24.3 Å². The number of hydrogen-bond acceptors (Lipinski definition) is 2. The van der Waals surface area contributed by atoms with E-state index in [4.69, 9.17) is 9.47 Å². The van der Waals surface area contributed by atoms with Gasteiger partial charge in [-0.05, 0) is 74.9 Å². The number of ether oxygens (including phenoxy) is 2. The predicted octanol–water partition coefficient (Wildman–Crippen LogP) is 5.05. The zero-order chi connectivity index (χ0) is 15.6. The third-order valence-corrected chi connectivity index (χ3v) is 3.60. The van der Waals surface area contributed by atoms with Gasteiger partial charge >= 0.3 is 0 Å². The number of hydrogen-bond donors (Lipinski definition) is 0. The van der Waals surface area contributed by atoms with Crippen molar-refractivity contribution in [1.82, 2.24) is 0 Å². The Kier molecular flexibility index (Phi) is 6.82. The Labute approximate surface area is 134 Å². The summed E-state index contributed by atoms with van der Waals surface area (Å²) in [5.41, 5.74) is 2.71. The van der Waals surface area contributed by atoms with E-state index in [0.29, 0.717) is 0 Å². The molecule has 2 aromatic carbocycles. The minimum atomic E-state index is 0.722. The van der Waals surface area contributed by atoms with E-state index in [1.165, 1.54) is 24.0 Å². The second kappa shape index (κ2) is 9.14. The summed E-state index contributed by atoms with van der Waals surface area (Å²) in [5.74, 6) is 1.95. The van der Waals surface area contributed by atoms with Gasteiger partial charge in [-0.25, -0.2) is 0 Å². The van der Waals surface area contributed by atoms with Crippen LogP contribution in [-0.4, -0.2) is 13.2 Å². The highest BCUT2D eigenvalue weighted by Gasteiger charge is 1.99. The minimum absolute atomic E-state index is 0.722. The average molecular weight is 298 g/mol. The molecule has 0 aliphatic carbocycles. The fraction of sp³-hybridized carbons (Fsp3) is 0.400. The molecule has 0 saturated carbocycles. The highest BCUT2D eigenvalue weighted by Crippen LogP contribution is 2.18. The Balaban J connectivity index is 1.77. The van der Waals surface area contributed by atoms with Gasteiger partial charge in [-0.3, -0.25) is 0 Å². The number of aryl methyl sites for hydroxylation is 2. The van der Waals surface area contributed by atoms with Crippen molar-refractivity contribution in [2.45, 2.75) is 39.5 Å². The molecule has 0 aromatic heterocycles. The number of benzene rings is 2. The van der Waals surface area contributed by atoms with Gasteiger partial charge in [-0.15, -0.1) is 0 Å². The van der Waals surface area contributed by atoms with E-state index in [0.717, 1.165) is 37.6 Å². The fourth-order valence-electron chi connectivity index (χ4n) is 2.57. The predicted molar refractivity (Wildman–Crippen MR) is 91.9 cm³/mol. The molecule has 0 fully saturated rings. The largest absolute Gasteiger partial charge is 0.494 e. The SMILES string of the molecule is CCOc1cccc(CCCCc2cccc(OCC)c2)c1. The lowest BCUT2D eigenvalue weighted by molar-refractivity contribution is 0.339. The van der Waals surface area contributed by atoms with Gasteiger partial charge < -0.3 is 9.47 Å². The molecule has 22 heavy (non-hydrogen) atoms. The molecule has 0 amide bonds. The topological polar surface area (TPSA) is 18.5 Å². The summed E-state index contributed by atoms with van der Waals surface area (Å²) in [6.45, 7) is 5.48. The molecule has 0 aliphatic heterocycles. The zero-order valence-corrected chi connectivity index (χ0v) is 13.7. The second-order valence-electron chi connectivity index (χ2n) is 5.37. The molecule has 0 N–H and O–H groups in total. The van der Waals surface area contributed by atoms with Crippen LogP contribution in [0.25, 0.3) is 0 Å². The highest BCUT2D eigenvalue weighted by molar-refractivity contribution is 5.29. The van der Waals surface area contributed by atoms with Crippen LogP contribution >= 0.6 is 0 Å². The van der Waals surface area contributed by atoms with E-state index in [1.807, 2.05) is 26.0 Å². The minimum Gasteiger partial charge on any atom is -0.494 e. The van der Waals surface area contributed by atoms with Crippen LogP contribution in [-0.2, 0) is 12.8 Å². The van der Waals surface area contributed by atoms with Gasteiger partial charge in [0.05, 0.1) is 13.2 Å². The first-order chi connectivity index (χ1) is 10.8. The Morgan fingerprint density at radius 2 is 1.14 bits per heavy atom. The number of unbranched alkanes of at least 4 members (excludes halogenated alkanes) is 1. The van der Waals surface area contributed by atoms with E-state index in [1.54, 1.807) is 0 Å². The summed E-state index contributed by atoms with van der Waals surface area (Å²) >= 11 is 0. The maximum atomic E-state index is 5.54. The third kappa shape index (κ3) is 5.44. The first-order valence-electron chi connectivity index (χ1n) is 8.25. The maximum absolute atomic E-state index is 5.54. The van der Waals surface area contributed by atoms with Crippen molar-refractivity contribution in [2.24, 2.45) is 0 Å². The molecular weight excluding hydrogens is 272 g/mol. The molecule has 0 unspecified atom stereocenters. The van der Waals surface area contributed by atoms with Crippen LogP contribution in [0.3, 0.4) is 0 Å². The van der Waals surface area contributed by atoms with E-state index in [9.17, 15) is 0 Å². The first kappa shape index (κ1) is 16.4. The summed E-state index contributed by atoms with van der Waals surface area (Å²) in [4.78, 5) is 0. The van der Waals surface area contributed by atoms with Gasteiger partial charge in [-0.2, -0.15) is 0 Å². The van der Waals surface area contributed by atoms with E-state index < -0.39 is 0 Å². The molecule has 0 bridgehead atoms. The van der Waals surface area contributed by atoms with Gasteiger partial charge in [0.15, 0.2) is 0 Å². The monoisotopic (exact) mass is 298 g/mol.